The second kappa shape index (κ2) is 5.88. The highest BCUT2D eigenvalue weighted by atomic mass is 16.4. The van der Waals surface area contributed by atoms with Gasteiger partial charge >= 0.3 is 5.97 Å². The van der Waals surface area contributed by atoms with Crippen molar-refractivity contribution in [3.8, 4) is 0 Å². The second-order valence-electron chi connectivity index (χ2n) is 4.71. The molecule has 1 aliphatic heterocycles. The maximum atomic E-state index is 12.0. The normalized spacial score (nSPS) is 16.6. The quantitative estimate of drug-likeness (QED) is 0.833. The lowest BCUT2D eigenvalue weighted by Gasteiger charge is -2.20. The Kier molecular flexibility index (Phi) is 4.21. The third-order valence-corrected chi connectivity index (χ3v) is 3.24. The number of carboxylic acid groups (broad SMARTS) is 1. The number of carbonyl (C=O) groups excluding carboxylic acids is 1. The van der Waals surface area contributed by atoms with Gasteiger partial charge in [0.15, 0.2) is 0 Å². The summed E-state index contributed by atoms with van der Waals surface area (Å²) < 4.78 is 5.11. The molecule has 6 nitrogen and oxygen atoms in total. The summed E-state index contributed by atoms with van der Waals surface area (Å²) >= 11 is 0. The maximum Gasteiger partial charge on any atom is 0.371 e. The van der Waals surface area contributed by atoms with Crippen molar-refractivity contribution in [1.82, 2.24) is 10.2 Å². The van der Waals surface area contributed by atoms with Crippen LogP contribution in [0.25, 0.3) is 0 Å². The van der Waals surface area contributed by atoms with Crippen molar-refractivity contribution in [3.63, 3.8) is 0 Å². The van der Waals surface area contributed by atoms with Gasteiger partial charge in [-0.1, -0.05) is 0 Å². The average Bonchev–Trinajstić information content (AvgIpc) is 3.05. The van der Waals surface area contributed by atoms with Gasteiger partial charge in [-0.15, -0.1) is 0 Å². The number of hydrogen-bond acceptors (Lipinski definition) is 4. The third-order valence-electron chi connectivity index (χ3n) is 3.24. The molecule has 6 heteroatoms. The molecular weight excluding hydrogens is 248 g/mol. The zero-order valence-electron chi connectivity index (χ0n) is 10.9. The fourth-order valence-corrected chi connectivity index (χ4v) is 2.14. The van der Waals surface area contributed by atoms with Crippen LogP contribution in [0.15, 0.2) is 16.5 Å². The van der Waals surface area contributed by atoms with Gasteiger partial charge in [-0.25, -0.2) is 4.79 Å². The van der Waals surface area contributed by atoms with Crippen molar-refractivity contribution in [2.24, 2.45) is 0 Å². The monoisotopic (exact) mass is 266 g/mol. The van der Waals surface area contributed by atoms with Crippen LogP contribution in [0.1, 0.15) is 36.1 Å². The molecule has 2 rings (SSSR count). The first kappa shape index (κ1) is 13.6. The molecule has 1 saturated heterocycles. The van der Waals surface area contributed by atoms with Crippen molar-refractivity contribution in [2.75, 3.05) is 13.1 Å². The summed E-state index contributed by atoms with van der Waals surface area (Å²) in [7, 11) is 0. The van der Waals surface area contributed by atoms with Gasteiger partial charge in [-0.2, -0.15) is 0 Å². The summed E-state index contributed by atoms with van der Waals surface area (Å²) in [5, 5.41) is 11.8. The first-order valence-electron chi connectivity index (χ1n) is 6.42. The molecule has 0 spiro atoms. The largest absolute Gasteiger partial charge is 0.475 e. The van der Waals surface area contributed by atoms with E-state index in [4.69, 9.17) is 9.52 Å². The van der Waals surface area contributed by atoms with Crippen LogP contribution in [-0.4, -0.2) is 41.0 Å². The highest BCUT2D eigenvalue weighted by molar-refractivity contribution is 5.84. The third kappa shape index (κ3) is 3.35. The Hall–Kier alpha value is -1.82. The Morgan fingerprint density at radius 1 is 1.42 bits per heavy atom. The van der Waals surface area contributed by atoms with E-state index in [-0.39, 0.29) is 17.7 Å². The van der Waals surface area contributed by atoms with Crippen molar-refractivity contribution in [3.05, 3.63) is 23.7 Å². The molecule has 2 heterocycles. The summed E-state index contributed by atoms with van der Waals surface area (Å²) in [4.78, 5) is 24.5. The smallest absolute Gasteiger partial charge is 0.371 e. The van der Waals surface area contributed by atoms with E-state index in [1.54, 1.807) is 6.07 Å². The number of carboxylic acids is 1. The van der Waals surface area contributed by atoms with Crippen molar-refractivity contribution in [1.29, 1.82) is 0 Å². The van der Waals surface area contributed by atoms with Crippen LogP contribution in [0.5, 0.6) is 0 Å². The molecule has 1 unspecified atom stereocenters. The summed E-state index contributed by atoms with van der Waals surface area (Å²) in [5.74, 6) is -0.580. The lowest BCUT2D eigenvalue weighted by molar-refractivity contribution is -0.132. The SMILES string of the molecule is CC(NCc1ccc(C(=O)O)o1)C(=O)N1CCCC1. The molecule has 104 valence electrons. The Morgan fingerprint density at radius 2 is 2.11 bits per heavy atom. The molecule has 1 fully saturated rings. The van der Waals surface area contributed by atoms with E-state index < -0.39 is 5.97 Å². The topological polar surface area (TPSA) is 82.8 Å². The highest BCUT2D eigenvalue weighted by Crippen LogP contribution is 2.10. The minimum Gasteiger partial charge on any atom is -0.475 e. The lowest BCUT2D eigenvalue weighted by Crippen LogP contribution is -2.43. The highest BCUT2D eigenvalue weighted by Gasteiger charge is 2.23. The van der Waals surface area contributed by atoms with Crippen molar-refractivity contribution in [2.45, 2.75) is 32.4 Å². The Morgan fingerprint density at radius 3 is 2.68 bits per heavy atom. The number of rotatable bonds is 5. The van der Waals surface area contributed by atoms with E-state index >= 15 is 0 Å². The number of hydrogen-bond donors (Lipinski definition) is 2. The van der Waals surface area contributed by atoms with Gasteiger partial charge in [0.05, 0.1) is 12.6 Å². The minimum atomic E-state index is -1.09. The standard InChI is InChI=1S/C13H18N2O4/c1-9(12(16)15-6-2-3-7-15)14-8-10-4-5-11(19-10)13(17)18/h4-5,9,14H,2-3,6-8H2,1H3,(H,17,18). The van der Waals surface area contributed by atoms with Crippen LogP contribution in [-0.2, 0) is 11.3 Å². The molecule has 0 aliphatic carbocycles. The molecule has 1 aromatic rings. The number of likely N-dealkylation sites (tertiary alicyclic amines) is 1. The number of amides is 1. The number of carbonyl (C=O) groups is 2. The molecule has 0 bridgehead atoms. The van der Waals surface area contributed by atoms with Crippen molar-refractivity contribution < 1.29 is 19.1 Å². The molecule has 0 radical (unpaired) electrons. The lowest BCUT2D eigenvalue weighted by atomic mass is 10.3. The van der Waals surface area contributed by atoms with Gasteiger partial charge in [-0.3, -0.25) is 10.1 Å². The van der Waals surface area contributed by atoms with Crippen LogP contribution in [0.4, 0.5) is 0 Å². The molecule has 0 aromatic carbocycles. The summed E-state index contributed by atoms with van der Waals surface area (Å²) in [6.45, 7) is 3.80. The fraction of sp³-hybridized carbons (Fsp3) is 0.538. The number of aromatic carboxylic acids is 1. The summed E-state index contributed by atoms with van der Waals surface area (Å²) in [5.41, 5.74) is 0. The molecule has 0 saturated carbocycles. The molecule has 19 heavy (non-hydrogen) atoms. The number of furan rings is 1. The van der Waals surface area contributed by atoms with Crippen LogP contribution < -0.4 is 5.32 Å². The first-order chi connectivity index (χ1) is 9.08. The number of nitrogens with one attached hydrogen (secondary N) is 1. The molecule has 1 atom stereocenters. The average molecular weight is 266 g/mol. The second-order valence-corrected chi connectivity index (χ2v) is 4.71. The van der Waals surface area contributed by atoms with E-state index in [1.807, 2.05) is 11.8 Å². The van der Waals surface area contributed by atoms with E-state index in [0.29, 0.717) is 12.3 Å². The molecule has 1 aromatic heterocycles. The van der Waals surface area contributed by atoms with Gasteiger partial charge in [0.2, 0.25) is 11.7 Å². The zero-order valence-corrected chi connectivity index (χ0v) is 10.9. The van der Waals surface area contributed by atoms with E-state index in [0.717, 1.165) is 25.9 Å². The van der Waals surface area contributed by atoms with Crippen LogP contribution in [0, 0.1) is 0 Å². The van der Waals surface area contributed by atoms with Gasteiger partial charge in [0, 0.05) is 13.1 Å². The van der Waals surface area contributed by atoms with Crippen LogP contribution in [0.3, 0.4) is 0 Å². The Labute approximate surface area is 111 Å². The van der Waals surface area contributed by atoms with Gasteiger partial charge < -0.3 is 14.4 Å². The Bertz CT molecular complexity index is 463. The molecule has 2 N–H and O–H groups in total. The van der Waals surface area contributed by atoms with Crippen LogP contribution in [0.2, 0.25) is 0 Å². The Balaban J connectivity index is 1.83. The predicted molar refractivity (Wildman–Crippen MR) is 67.8 cm³/mol. The van der Waals surface area contributed by atoms with E-state index in [1.165, 1.54) is 6.07 Å². The van der Waals surface area contributed by atoms with Gasteiger partial charge in [0.1, 0.15) is 5.76 Å². The van der Waals surface area contributed by atoms with Crippen LogP contribution >= 0.6 is 0 Å². The molecular formula is C13H18N2O4. The molecule has 1 aliphatic rings. The summed E-state index contributed by atoms with van der Waals surface area (Å²) in [6, 6.07) is 2.71. The summed E-state index contributed by atoms with van der Waals surface area (Å²) in [6.07, 6.45) is 2.14. The minimum absolute atomic E-state index is 0.0857. The maximum absolute atomic E-state index is 12.0. The van der Waals surface area contributed by atoms with E-state index in [2.05, 4.69) is 5.32 Å². The zero-order chi connectivity index (χ0) is 13.8. The first-order valence-corrected chi connectivity index (χ1v) is 6.42. The van der Waals surface area contributed by atoms with Crippen molar-refractivity contribution >= 4 is 11.9 Å². The predicted octanol–water partition coefficient (Wildman–Crippen LogP) is 1.08. The fourth-order valence-electron chi connectivity index (χ4n) is 2.14. The number of nitrogens with zero attached hydrogens (tertiary/aromatic N) is 1. The van der Waals surface area contributed by atoms with Gasteiger partial charge in [0.25, 0.3) is 0 Å². The van der Waals surface area contributed by atoms with Gasteiger partial charge in [-0.05, 0) is 31.9 Å². The van der Waals surface area contributed by atoms with E-state index in [9.17, 15) is 9.59 Å². The molecule has 1 amide bonds.